The zero-order valence-corrected chi connectivity index (χ0v) is 15.8. The summed E-state index contributed by atoms with van der Waals surface area (Å²) in [6.07, 6.45) is 0. The molecule has 28 heavy (non-hydrogen) atoms. The molecule has 0 radical (unpaired) electrons. The van der Waals surface area contributed by atoms with Gasteiger partial charge in [0.05, 0.1) is 4.92 Å². The Kier molecular flexibility index (Phi) is 5.58. The summed E-state index contributed by atoms with van der Waals surface area (Å²) in [5.74, 6) is -0.222. The minimum absolute atomic E-state index is 0.00854. The smallest absolute Gasteiger partial charge is 0.272 e. The number of rotatable bonds is 4. The summed E-state index contributed by atoms with van der Waals surface area (Å²) in [6, 6.07) is 11.8. The number of nitrogens with one attached hydrogen (secondary N) is 1. The van der Waals surface area contributed by atoms with Crippen LogP contribution in [0.15, 0.2) is 42.5 Å². The van der Waals surface area contributed by atoms with E-state index in [4.69, 9.17) is 0 Å². The standard InChI is InChI=1S/C20H22N4O4/c1-14-13-16(3-8-19(14)24(27)28)20(26)21-17-4-6-18(7-5-17)23-11-9-22(10-12-23)15(2)25/h3-8,13H,9-12H2,1-2H3,(H,21,26). The number of aryl methyl sites for hydroxylation is 1. The molecule has 2 amide bonds. The Balaban J connectivity index is 1.63. The number of carbonyl (C=O) groups excluding carboxylic acids is 2. The summed E-state index contributed by atoms with van der Waals surface area (Å²) in [5.41, 5.74) is 2.48. The monoisotopic (exact) mass is 382 g/mol. The van der Waals surface area contributed by atoms with E-state index in [1.165, 1.54) is 18.2 Å². The van der Waals surface area contributed by atoms with Gasteiger partial charge in [-0.15, -0.1) is 0 Å². The highest BCUT2D eigenvalue weighted by atomic mass is 16.6. The molecule has 2 aromatic rings. The molecule has 1 aliphatic rings. The molecule has 0 aliphatic carbocycles. The van der Waals surface area contributed by atoms with Gasteiger partial charge in [0.25, 0.3) is 11.6 Å². The first-order chi connectivity index (χ1) is 13.3. The predicted octanol–water partition coefficient (Wildman–Crippen LogP) is 2.82. The highest BCUT2D eigenvalue weighted by Gasteiger charge is 2.19. The van der Waals surface area contributed by atoms with E-state index in [9.17, 15) is 19.7 Å². The van der Waals surface area contributed by atoms with Crippen molar-refractivity contribution in [2.45, 2.75) is 13.8 Å². The van der Waals surface area contributed by atoms with Gasteiger partial charge in [-0.1, -0.05) is 0 Å². The van der Waals surface area contributed by atoms with E-state index in [1.807, 2.05) is 29.2 Å². The Morgan fingerprint density at radius 3 is 2.21 bits per heavy atom. The second kappa shape index (κ2) is 8.08. The molecule has 1 fully saturated rings. The van der Waals surface area contributed by atoms with Crippen LogP contribution in [0.2, 0.25) is 0 Å². The van der Waals surface area contributed by atoms with E-state index in [2.05, 4.69) is 10.2 Å². The van der Waals surface area contributed by atoms with Gasteiger partial charge in [0.1, 0.15) is 0 Å². The fraction of sp³-hybridized carbons (Fsp3) is 0.300. The summed E-state index contributed by atoms with van der Waals surface area (Å²) in [5, 5.41) is 13.7. The van der Waals surface area contributed by atoms with Crippen molar-refractivity contribution in [3.05, 3.63) is 63.7 Å². The van der Waals surface area contributed by atoms with Crippen LogP contribution in [0, 0.1) is 17.0 Å². The number of carbonyl (C=O) groups is 2. The number of benzene rings is 2. The molecule has 8 nitrogen and oxygen atoms in total. The molecular formula is C20H22N4O4. The summed E-state index contributed by atoms with van der Waals surface area (Å²) >= 11 is 0. The Morgan fingerprint density at radius 2 is 1.68 bits per heavy atom. The molecule has 146 valence electrons. The SMILES string of the molecule is CC(=O)N1CCN(c2ccc(NC(=O)c3ccc([N+](=O)[O-])c(C)c3)cc2)CC1. The van der Waals surface area contributed by atoms with E-state index >= 15 is 0 Å². The van der Waals surface area contributed by atoms with Crippen molar-refractivity contribution in [2.75, 3.05) is 36.4 Å². The molecule has 0 saturated carbocycles. The minimum Gasteiger partial charge on any atom is -0.368 e. The van der Waals surface area contributed by atoms with Gasteiger partial charge in [-0.25, -0.2) is 0 Å². The van der Waals surface area contributed by atoms with Gasteiger partial charge in [0, 0.05) is 61.7 Å². The van der Waals surface area contributed by atoms with Crippen LogP contribution < -0.4 is 10.2 Å². The number of piperazine rings is 1. The molecule has 3 rings (SSSR count). The quantitative estimate of drug-likeness (QED) is 0.648. The highest BCUT2D eigenvalue weighted by molar-refractivity contribution is 6.04. The van der Waals surface area contributed by atoms with Crippen LogP contribution in [0.5, 0.6) is 0 Å². The van der Waals surface area contributed by atoms with E-state index in [1.54, 1.807) is 13.8 Å². The van der Waals surface area contributed by atoms with Crippen molar-refractivity contribution in [3.8, 4) is 0 Å². The summed E-state index contributed by atoms with van der Waals surface area (Å²) < 4.78 is 0. The number of anilines is 2. The lowest BCUT2D eigenvalue weighted by Gasteiger charge is -2.35. The molecule has 1 N–H and O–H groups in total. The first-order valence-electron chi connectivity index (χ1n) is 9.02. The summed E-state index contributed by atoms with van der Waals surface area (Å²) in [6.45, 7) is 6.14. The zero-order valence-electron chi connectivity index (χ0n) is 15.8. The molecule has 2 aromatic carbocycles. The Hall–Kier alpha value is -3.42. The first-order valence-corrected chi connectivity index (χ1v) is 9.02. The molecule has 0 aromatic heterocycles. The minimum atomic E-state index is -0.466. The van der Waals surface area contributed by atoms with Crippen LogP contribution in [-0.4, -0.2) is 47.8 Å². The van der Waals surface area contributed by atoms with Gasteiger partial charge in [-0.05, 0) is 43.3 Å². The van der Waals surface area contributed by atoms with Crippen molar-refractivity contribution in [2.24, 2.45) is 0 Å². The Bertz CT molecular complexity index is 903. The molecule has 8 heteroatoms. The second-order valence-electron chi connectivity index (χ2n) is 6.75. The van der Waals surface area contributed by atoms with Gasteiger partial charge in [-0.3, -0.25) is 19.7 Å². The van der Waals surface area contributed by atoms with E-state index < -0.39 is 4.92 Å². The van der Waals surface area contributed by atoms with Crippen LogP contribution in [0.25, 0.3) is 0 Å². The van der Waals surface area contributed by atoms with Gasteiger partial charge in [-0.2, -0.15) is 0 Å². The Morgan fingerprint density at radius 1 is 1.04 bits per heavy atom. The lowest BCUT2D eigenvalue weighted by molar-refractivity contribution is -0.385. The lowest BCUT2D eigenvalue weighted by atomic mass is 10.1. The van der Waals surface area contributed by atoms with Gasteiger partial charge in [0.2, 0.25) is 5.91 Å². The third-order valence-corrected chi connectivity index (χ3v) is 4.87. The van der Waals surface area contributed by atoms with Crippen molar-refractivity contribution in [3.63, 3.8) is 0 Å². The second-order valence-corrected chi connectivity index (χ2v) is 6.75. The number of nitro groups is 1. The molecule has 0 bridgehead atoms. The van der Waals surface area contributed by atoms with Crippen molar-refractivity contribution in [1.82, 2.24) is 4.90 Å². The first kappa shape index (κ1) is 19.3. The molecule has 0 unspecified atom stereocenters. The maximum atomic E-state index is 12.4. The number of hydrogen-bond donors (Lipinski definition) is 1. The molecular weight excluding hydrogens is 360 g/mol. The van der Waals surface area contributed by atoms with Crippen LogP contribution in [-0.2, 0) is 4.79 Å². The predicted molar refractivity (Wildman–Crippen MR) is 107 cm³/mol. The molecule has 1 aliphatic heterocycles. The van der Waals surface area contributed by atoms with E-state index in [-0.39, 0.29) is 17.5 Å². The number of hydrogen-bond acceptors (Lipinski definition) is 5. The molecule has 0 spiro atoms. The number of nitro benzene ring substituents is 1. The normalized spacial score (nSPS) is 13.9. The van der Waals surface area contributed by atoms with E-state index in [0.717, 1.165) is 18.8 Å². The summed E-state index contributed by atoms with van der Waals surface area (Å²) in [4.78, 5) is 38.3. The number of amides is 2. The molecule has 1 heterocycles. The van der Waals surface area contributed by atoms with E-state index in [0.29, 0.717) is 29.9 Å². The van der Waals surface area contributed by atoms with Crippen LogP contribution in [0.1, 0.15) is 22.8 Å². The van der Waals surface area contributed by atoms with Crippen LogP contribution in [0.3, 0.4) is 0 Å². The average Bonchev–Trinajstić information content (AvgIpc) is 2.68. The fourth-order valence-electron chi connectivity index (χ4n) is 3.24. The largest absolute Gasteiger partial charge is 0.368 e. The third kappa shape index (κ3) is 4.28. The van der Waals surface area contributed by atoms with Crippen molar-refractivity contribution < 1.29 is 14.5 Å². The zero-order chi connectivity index (χ0) is 20.3. The number of nitrogens with zero attached hydrogens (tertiary/aromatic N) is 3. The molecule has 0 atom stereocenters. The summed E-state index contributed by atoms with van der Waals surface area (Å²) in [7, 11) is 0. The van der Waals surface area contributed by atoms with Crippen LogP contribution >= 0.6 is 0 Å². The van der Waals surface area contributed by atoms with Gasteiger partial charge >= 0.3 is 0 Å². The Labute approximate surface area is 162 Å². The fourth-order valence-corrected chi connectivity index (χ4v) is 3.24. The van der Waals surface area contributed by atoms with Gasteiger partial charge < -0.3 is 15.1 Å². The topological polar surface area (TPSA) is 95.8 Å². The van der Waals surface area contributed by atoms with Crippen molar-refractivity contribution in [1.29, 1.82) is 0 Å². The third-order valence-electron chi connectivity index (χ3n) is 4.87. The maximum absolute atomic E-state index is 12.4. The van der Waals surface area contributed by atoms with Crippen LogP contribution in [0.4, 0.5) is 17.1 Å². The molecule has 1 saturated heterocycles. The maximum Gasteiger partial charge on any atom is 0.272 e. The van der Waals surface area contributed by atoms with Crippen molar-refractivity contribution >= 4 is 28.9 Å². The highest BCUT2D eigenvalue weighted by Crippen LogP contribution is 2.22. The lowest BCUT2D eigenvalue weighted by Crippen LogP contribution is -2.48. The van der Waals surface area contributed by atoms with Gasteiger partial charge in [0.15, 0.2) is 0 Å². The average molecular weight is 382 g/mol.